The Bertz CT molecular complexity index is 775. The van der Waals surface area contributed by atoms with E-state index in [4.69, 9.17) is 4.98 Å². The number of aliphatic carboxylic acids is 1. The minimum absolute atomic E-state index is 0.137. The van der Waals surface area contributed by atoms with Crippen molar-refractivity contribution in [2.24, 2.45) is 5.92 Å². The SMILES string of the molecule is CCc1ccc(CN(CCC(=O)O)c2nc(C3(CC(C)C)CCCC3)cs2)s1. The summed E-state index contributed by atoms with van der Waals surface area (Å²) < 4.78 is 0. The smallest absolute Gasteiger partial charge is 0.305 e. The number of carboxylic acid groups (broad SMARTS) is 1. The molecule has 0 unspecified atom stereocenters. The standard InChI is InChI=1S/C22H32N2O2S2/c1-4-17-7-8-18(28-17)14-24(12-9-20(25)26)21-23-19(15-27-21)22(13-16(2)3)10-5-6-11-22/h7-8,15-16H,4-6,9-14H2,1-3H3,(H,25,26). The van der Waals surface area contributed by atoms with Crippen LogP contribution in [-0.4, -0.2) is 22.6 Å². The summed E-state index contributed by atoms with van der Waals surface area (Å²) in [7, 11) is 0. The molecule has 1 saturated carbocycles. The average molecular weight is 421 g/mol. The first-order valence-electron chi connectivity index (χ1n) is 10.4. The first-order valence-corrected chi connectivity index (χ1v) is 12.1. The van der Waals surface area contributed by atoms with Crippen molar-refractivity contribution in [2.45, 2.75) is 77.7 Å². The third-order valence-electron chi connectivity index (χ3n) is 5.67. The molecule has 0 atom stereocenters. The van der Waals surface area contributed by atoms with E-state index in [-0.39, 0.29) is 11.8 Å². The van der Waals surface area contributed by atoms with Crippen molar-refractivity contribution in [1.82, 2.24) is 4.98 Å². The number of hydrogen-bond donors (Lipinski definition) is 1. The lowest BCUT2D eigenvalue weighted by Crippen LogP contribution is -2.27. The van der Waals surface area contributed by atoms with Crippen molar-refractivity contribution < 1.29 is 9.90 Å². The van der Waals surface area contributed by atoms with Crippen LogP contribution in [0.1, 0.15) is 74.7 Å². The van der Waals surface area contributed by atoms with E-state index in [0.717, 1.165) is 18.1 Å². The highest BCUT2D eigenvalue weighted by molar-refractivity contribution is 7.14. The summed E-state index contributed by atoms with van der Waals surface area (Å²) in [5, 5.41) is 12.4. The zero-order chi connectivity index (χ0) is 20.1. The number of aromatic nitrogens is 1. The number of carboxylic acids is 1. The van der Waals surface area contributed by atoms with Crippen molar-refractivity contribution in [1.29, 1.82) is 0 Å². The number of hydrogen-bond acceptors (Lipinski definition) is 5. The summed E-state index contributed by atoms with van der Waals surface area (Å²) >= 11 is 3.50. The number of nitrogens with zero attached hydrogens (tertiary/aromatic N) is 2. The Morgan fingerprint density at radius 2 is 2.00 bits per heavy atom. The average Bonchev–Trinajstić information content (AvgIpc) is 3.38. The molecule has 0 radical (unpaired) electrons. The van der Waals surface area contributed by atoms with E-state index in [2.05, 4.69) is 43.2 Å². The van der Waals surface area contributed by atoms with E-state index in [0.29, 0.717) is 12.5 Å². The van der Waals surface area contributed by atoms with Gasteiger partial charge in [-0.05, 0) is 43.7 Å². The zero-order valence-corrected chi connectivity index (χ0v) is 18.9. The lowest BCUT2D eigenvalue weighted by molar-refractivity contribution is -0.136. The molecule has 28 heavy (non-hydrogen) atoms. The van der Waals surface area contributed by atoms with E-state index in [1.165, 1.54) is 47.6 Å². The highest BCUT2D eigenvalue weighted by atomic mass is 32.1. The molecule has 0 aliphatic heterocycles. The fourth-order valence-electron chi connectivity index (χ4n) is 4.41. The van der Waals surface area contributed by atoms with Crippen LogP contribution in [0.2, 0.25) is 0 Å². The minimum atomic E-state index is -0.755. The van der Waals surface area contributed by atoms with Gasteiger partial charge in [-0.25, -0.2) is 4.98 Å². The van der Waals surface area contributed by atoms with Gasteiger partial charge < -0.3 is 10.0 Å². The topological polar surface area (TPSA) is 53.4 Å². The second kappa shape index (κ2) is 9.40. The van der Waals surface area contributed by atoms with Crippen LogP contribution in [0.5, 0.6) is 0 Å². The van der Waals surface area contributed by atoms with Crippen molar-refractivity contribution in [2.75, 3.05) is 11.4 Å². The Hall–Kier alpha value is -1.40. The minimum Gasteiger partial charge on any atom is -0.481 e. The third kappa shape index (κ3) is 5.15. The molecule has 1 aliphatic rings. The molecule has 0 aromatic carbocycles. The molecule has 2 heterocycles. The van der Waals surface area contributed by atoms with Crippen molar-refractivity contribution in [3.8, 4) is 0 Å². The zero-order valence-electron chi connectivity index (χ0n) is 17.2. The maximum Gasteiger partial charge on any atom is 0.305 e. The van der Waals surface area contributed by atoms with Crippen molar-refractivity contribution in [3.05, 3.63) is 33.0 Å². The Balaban J connectivity index is 1.82. The molecule has 4 nitrogen and oxygen atoms in total. The van der Waals surface area contributed by atoms with Crippen LogP contribution in [0.3, 0.4) is 0 Å². The summed E-state index contributed by atoms with van der Waals surface area (Å²) in [6.45, 7) is 8.00. The number of aryl methyl sites for hydroxylation is 1. The Morgan fingerprint density at radius 3 is 2.61 bits per heavy atom. The van der Waals surface area contributed by atoms with Crippen LogP contribution >= 0.6 is 22.7 Å². The number of carbonyl (C=O) groups is 1. The quantitative estimate of drug-likeness (QED) is 0.504. The van der Waals surface area contributed by atoms with Gasteiger partial charge in [0.2, 0.25) is 0 Å². The summed E-state index contributed by atoms with van der Waals surface area (Å²) in [5.74, 6) is -0.0979. The van der Waals surface area contributed by atoms with Gasteiger partial charge in [-0.2, -0.15) is 0 Å². The summed E-state index contributed by atoms with van der Waals surface area (Å²) in [6.07, 6.45) is 7.41. The maximum atomic E-state index is 11.2. The van der Waals surface area contributed by atoms with Gasteiger partial charge in [-0.15, -0.1) is 22.7 Å². The van der Waals surface area contributed by atoms with E-state index in [1.807, 2.05) is 11.3 Å². The lowest BCUT2D eigenvalue weighted by Gasteiger charge is -2.29. The monoisotopic (exact) mass is 420 g/mol. The van der Waals surface area contributed by atoms with Crippen LogP contribution in [0.4, 0.5) is 5.13 Å². The molecule has 0 bridgehead atoms. The van der Waals surface area contributed by atoms with Crippen LogP contribution in [-0.2, 0) is 23.2 Å². The summed E-state index contributed by atoms with van der Waals surface area (Å²) in [6, 6.07) is 4.35. The molecule has 0 saturated heterocycles. The largest absolute Gasteiger partial charge is 0.481 e. The Morgan fingerprint density at radius 1 is 1.29 bits per heavy atom. The van der Waals surface area contributed by atoms with Gasteiger partial charge in [0.25, 0.3) is 0 Å². The highest BCUT2D eigenvalue weighted by Gasteiger charge is 2.38. The Labute approximate surface area is 176 Å². The summed E-state index contributed by atoms with van der Waals surface area (Å²) in [5.41, 5.74) is 1.46. The van der Waals surface area contributed by atoms with E-state index in [1.54, 1.807) is 11.3 Å². The number of anilines is 1. The molecule has 0 amide bonds. The molecular weight excluding hydrogens is 388 g/mol. The van der Waals surface area contributed by atoms with Crippen LogP contribution < -0.4 is 4.90 Å². The molecule has 3 rings (SSSR count). The molecule has 2 aromatic heterocycles. The highest BCUT2D eigenvalue weighted by Crippen LogP contribution is 2.46. The predicted molar refractivity (Wildman–Crippen MR) is 119 cm³/mol. The molecule has 154 valence electrons. The number of rotatable bonds is 10. The van der Waals surface area contributed by atoms with Gasteiger partial charge in [-0.1, -0.05) is 33.6 Å². The van der Waals surface area contributed by atoms with Gasteiger partial charge in [0.1, 0.15) is 0 Å². The number of thiophene rings is 1. The van der Waals surface area contributed by atoms with E-state index >= 15 is 0 Å². The summed E-state index contributed by atoms with van der Waals surface area (Å²) in [4.78, 5) is 21.1. The molecular formula is C22H32N2O2S2. The van der Waals surface area contributed by atoms with Gasteiger partial charge in [0, 0.05) is 27.1 Å². The predicted octanol–water partition coefficient (Wildman–Crippen LogP) is 6.11. The lowest BCUT2D eigenvalue weighted by atomic mass is 9.76. The Kier molecular flexibility index (Phi) is 7.15. The first kappa shape index (κ1) is 21.3. The fourth-order valence-corrected chi connectivity index (χ4v) is 6.36. The van der Waals surface area contributed by atoms with Gasteiger partial charge >= 0.3 is 5.97 Å². The third-order valence-corrected chi connectivity index (χ3v) is 7.79. The molecule has 0 spiro atoms. The molecule has 1 aliphatic carbocycles. The second-order valence-electron chi connectivity index (χ2n) is 8.39. The van der Waals surface area contributed by atoms with E-state index < -0.39 is 5.97 Å². The maximum absolute atomic E-state index is 11.2. The molecule has 6 heteroatoms. The van der Waals surface area contributed by atoms with Crippen LogP contribution in [0.25, 0.3) is 0 Å². The van der Waals surface area contributed by atoms with Gasteiger partial charge in [0.15, 0.2) is 5.13 Å². The second-order valence-corrected chi connectivity index (χ2v) is 10.5. The number of thiazole rings is 1. The van der Waals surface area contributed by atoms with E-state index in [9.17, 15) is 9.90 Å². The van der Waals surface area contributed by atoms with Gasteiger partial charge in [-0.3, -0.25) is 4.79 Å². The molecule has 2 aromatic rings. The first-order chi connectivity index (χ1) is 13.4. The van der Waals surface area contributed by atoms with Crippen LogP contribution in [0, 0.1) is 5.92 Å². The normalized spacial score (nSPS) is 16.0. The van der Waals surface area contributed by atoms with Crippen molar-refractivity contribution >= 4 is 33.8 Å². The fraction of sp³-hybridized carbons (Fsp3) is 0.636. The van der Waals surface area contributed by atoms with Gasteiger partial charge in [0.05, 0.1) is 18.7 Å². The van der Waals surface area contributed by atoms with Crippen molar-refractivity contribution in [3.63, 3.8) is 0 Å². The van der Waals surface area contributed by atoms with Crippen LogP contribution in [0.15, 0.2) is 17.5 Å². The molecule has 1 fully saturated rings. The molecule has 1 N–H and O–H groups in total.